The van der Waals surface area contributed by atoms with E-state index < -0.39 is 0 Å². The zero-order chi connectivity index (χ0) is 13.8. The third-order valence-electron chi connectivity index (χ3n) is 2.54. The quantitative estimate of drug-likeness (QED) is 0.394. The number of amidine groups is 1. The first kappa shape index (κ1) is 13.4. The molecule has 6 heteroatoms. The number of nitrogens with zero attached hydrogens (tertiary/aromatic N) is 2. The standard InChI is InChI=1S/C13H12BrN3O2/c1-8-2-3-9(14)6-11(8)19-12-7-16-5-4-10(12)13(15)17-18/h2-7,18H,1H3,(H2,15,17). The second kappa shape index (κ2) is 5.71. The van der Waals surface area contributed by atoms with E-state index in [1.807, 2.05) is 25.1 Å². The summed E-state index contributed by atoms with van der Waals surface area (Å²) in [7, 11) is 0. The number of benzene rings is 1. The van der Waals surface area contributed by atoms with Crippen LogP contribution in [0.1, 0.15) is 11.1 Å². The number of pyridine rings is 1. The fourth-order valence-electron chi connectivity index (χ4n) is 1.53. The van der Waals surface area contributed by atoms with Crippen LogP contribution >= 0.6 is 15.9 Å². The molecule has 0 unspecified atom stereocenters. The molecule has 19 heavy (non-hydrogen) atoms. The highest BCUT2D eigenvalue weighted by atomic mass is 79.9. The van der Waals surface area contributed by atoms with Crippen LogP contribution in [0.2, 0.25) is 0 Å². The highest BCUT2D eigenvalue weighted by molar-refractivity contribution is 9.10. The van der Waals surface area contributed by atoms with Crippen LogP contribution in [-0.2, 0) is 0 Å². The lowest BCUT2D eigenvalue weighted by Gasteiger charge is -2.11. The lowest BCUT2D eigenvalue weighted by atomic mass is 10.2. The Bertz CT molecular complexity index is 629. The van der Waals surface area contributed by atoms with Crippen molar-refractivity contribution >= 4 is 21.8 Å². The molecule has 1 aromatic carbocycles. The van der Waals surface area contributed by atoms with Crippen molar-refractivity contribution < 1.29 is 9.94 Å². The van der Waals surface area contributed by atoms with E-state index in [1.165, 1.54) is 6.20 Å². The van der Waals surface area contributed by atoms with Gasteiger partial charge in [0, 0.05) is 10.7 Å². The largest absolute Gasteiger partial charge is 0.455 e. The van der Waals surface area contributed by atoms with Gasteiger partial charge in [-0.2, -0.15) is 0 Å². The fourth-order valence-corrected chi connectivity index (χ4v) is 1.87. The molecule has 0 bridgehead atoms. The molecule has 0 aliphatic heterocycles. The fraction of sp³-hybridized carbons (Fsp3) is 0.0769. The molecule has 1 heterocycles. The lowest BCUT2D eigenvalue weighted by molar-refractivity contribution is 0.318. The summed E-state index contributed by atoms with van der Waals surface area (Å²) in [6.07, 6.45) is 3.07. The summed E-state index contributed by atoms with van der Waals surface area (Å²) in [5.74, 6) is 1.08. The van der Waals surface area contributed by atoms with Crippen LogP contribution < -0.4 is 10.5 Å². The van der Waals surface area contributed by atoms with E-state index in [1.54, 1.807) is 12.3 Å². The van der Waals surface area contributed by atoms with Gasteiger partial charge in [0.1, 0.15) is 5.75 Å². The Hall–Kier alpha value is -2.08. The Kier molecular flexibility index (Phi) is 4.01. The van der Waals surface area contributed by atoms with E-state index in [0.717, 1.165) is 10.0 Å². The summed E-state index contributed by atoms with van der Waals surface area (Å²) in [6, 6.07) is 7.32. The van der Waals surface area contributed by atoms with Gasteiger partial charge in [0.25, 0.3) is 0 Å². The van der Waals surface area contributed by atoms with Crippen LogP contribution in [0.25, 0.3) is 0 Å². The van der Waals surface area contributed by atoms with E-state index in [9.17, 15) is 0 Å². The van der Waals surface area contributed by atoms with Gasteiger partial charge in [0.05, 0.1) is 11.8 Å². The molecule has 0 spiro atoms. The molecule has 3 N–H and O–H groups in total. The topological polar surface area (TPSA) is 80.7 Å². The summed E-state index contributed by atoms with van der Waals surface area (Å²) >= 11 is 3.39. The van der Waals surface area contributed by atoms with Crippen LogP contribution in [0, 0.1) is 6.92 Å². The Morgan fingerprint density at radius 2 is 2.16 bits per heavy atom. The average molecular weight is 322 g/mol. The summed E-state index contributed by atoms with van der Waals surface area (Å²) < 4.78 is 6.68. The molecule has 0 amide bonds. The molecule has 2 rings (SSSR count). The molecule has 0 atom stereocenters. The second-order valence-corrected chi connectivity index (χ2v) is 4.78. The van der Waals surface area contributed by atoms with Crippen molar-refractivity contribution in [3.63, 3.8) is 0 Å². The Morgan fingerprint density at radius 1 is 1.37 bits per heavy atom. The molecule has 0 saturated heterocycles. The number of ether oxygens (including phenoxy) is 1. The van der Waals surface area contributed by atoms with Gasteiger partial charge in [0.2, 0.25) is 0 Å². The highest BCUT2D eigenvalue weighted by Crippen LogP contribution is 2.29. The monoisotopic (exact) mass is 321 g/mol. The highest BCUT2D eigenvalue weighted by Gasteiger charge is 2.10. The van der Waals surface area contributed by atoms with Gasteiger partial charge in [-0.05, 0) is 30.7 Å². The zero-order valence-corrected chi connectivity index (χ0v) is 11.8. The number of oxime groups is 1. The number of nitrogens with two attached hydrogens (primary N) is 1. The van der Waals surface area contributed by atoms with E-state index in [0.29, 0.717) is 17.1 Å². The van der Waals surface area contributed by atoms with Gasteiger partial charge in [-0.25, -0.2) is 0 Å². The number of hydrogen-bond acceptors (Lipinski definition) is 4. The molecule has 0 fully saturated rings. The van der Waals surface area contributed by atoms with Crippen molar-refractivity contribution in [1.29, 1.82) is 0 Å². The lowest BCUT2D eigenvalue weighted by Crippen LogP contribution is -2.14. The van der Waals surface area contributed by atoms with Crippen LogP contribution in [0.15, 0.2) is 46.3 Å². The first-order valence-electron chi connectivity index (χ1n) is 5.47. The van der Waals surface area contributed by atoms with Crippen LogP contribution in [0.3, 0.4) is 0 Å². The molecule has 0 aliphatic rings. The first-order chi connectivity index (χ1) is 9.11. The minimum absolute atomic E-state index is 0.0231. The van der Waals surface area contributed by atoms with Crippen molar-refractivity contribution in [2.45, 2.75) is 6.92 Å². The van der Waals surface area contributed by atoms with Gasteiger partial charge in [-0.3, -0.25) is 4.98 Å². The SMILES string of the molecule is Cc1ccc(Br)cc1Oc1cnccc1/C(N)=N/O. The molecular weight excluding hydrogens is 310 g/mol. The van der Waals surface area contributed by atoms with Crippen molar-refractivity contribution in [3.8, 4) is 11.5 Å². The predicted molar refractivity (Wildman–Crippen MR) is 75.7 cm³/mol. The molecule has 2 aromatic rings. The maximum atomic E-state index is 8.76. The second-order valence-electron chi connectivity index (χ2n) is 3.87. The maximum absolute atomic E-state index is 8.76. The first-order valence-corrected chi connectivity index (χ1v) is 6.27. The van der Waals surface area contributed by atoms with E-state index in [-0.39, 0.29) is 5.84 Å². The third-order valence-corrected chi connectivity index (χ3v) is 3.03. The number of aryl methyl sites for hydroxylation is 1. The molecular formula is C13H12BrN3O2. The van der Waals surface area contributed by atoms with Gasteiger partial charge < -0.3 is 15.7 Å². The molecule has 1 aromatic heterocycles. The van der Waals surface area contributed by atoms with Crippen molar-refractivity contribution in [3.05, 3.63) is 52.3 Å². The minimum atomic E-state index is -0.0231. The van der Waals surface area contributed by atoms with Crippen LogP contribution in [0.5, 0.6) is 11.5 Å². The van der Waals surface area contributed by atoms with Crippen molar-refractivity contribution in [1.82, 2.24) is 4.98 Å². The van der Waals surface area contributed by atoms with Gasteiger partial charge in [0.15, 0.2) is 11.6 Å². The summed E-state index contributed by atoms with van der Waals surface area (Å²) in [5.41, 5.74) is 7.05. The van der Waals surface area contributed by atoms with Crippen LogP contribution in [-0.4, -0.2) is 16.0 Å². The van der Waals surface area contributed by atoms with Gasteiger partial charge in [-0.15, -0.1) is 0 Å². The summed E-state index contributed by atoms with van der Waals surface area (Å²) in [5, 5.41) is 11.7. The maximum Gasteiger partial charge on any atom is 0.173 e. The number of aromatic nitrogens is 1. The average Bonchev–Trinajstić information content (AvgIpc) is 2.42. The van der Waals surface area contributed by atoms with Crippen molar-refractivity contribution in [2.75, 3.05) is 0 Å². The van der Waals surface area contributed by atoms with Crippen molar-refractivity contribution in [2.24, 2.45) is 10.9 Å². The van der Waals surface area contributed by atoms with Gasteiger partial charge in [-0.1, -0.05) is 27.2 Å². The Balaban J connectivity index is 2.41. The predicted octanol–water partition coefficient (Wildman–Crippen LogP) is 3.04. The molecule has 5 nitrogen and oxygen atoms in total. The van der Waals surface area contributed by atoms with Gasteiger partial charge >= 0.3 is 0 Å². The van der Waals surface area contributed by atoms with E-state index >= 15 is 0 Å². The smallest absolute Gasteiger partial charge is 0.173 e. The number of hydrogen-bond donors (Lipinski definition) is 2. The molecule has 0 radical (unpaired) electrons. The van der Waals surface area contributed by atoms with E-state index in [4.69, 9.17) is 15.7 Å². The zero-order valence-electron chi connectivity index (χ0n) is 10.2. The number of halogens is 1. The third kappa shape index (κ3) is 3.03. The van der Waals surface area contributed by atoms with Crippen LogP contribution in [0.4, 0.5) is 0 Å². The van der Waals surface area contributed by atoms with E-state index in [2.05, 4.69) is 26.1 Å². The Labute approximate surface area is 118 Å². The minimum Gasteiger partial charge on any atom is -0.455 e. The molecule has 98 valence electrons. The number of rotatable bonds is 3. The normalized spacial score (nSPS) is 11.4. The Morgan fingerprint density at radius 3 is 2.89 bits per heavy atom. The summed E-state index contributed by atoms with van der Waals surface area (Å²) in [6.45, 7) is 1.93. The molecule has 0 saturated carbocycles. The molecule has 0 aliphatic carbocycles. The summed E-state index contributed by atoms with van der Waals surface area (Å²) in [4.78, 5) is 3.98.